The molecule has 0 aromatic heterocycles. The van der Waals surface area contributed by atoms with Crippen LogP contribution in [0.5, 0.6) is 23.0 Å². The number of hydrogen-bond donors (Lipinski definition) is 1. The van der Waals surface area contributed by atoms with Gasteiger partial charge in [0, 0.05) is 22.8 Å². The van der Waals surface area contributed by atoms with Crippen LogP contribution in [-0.4, -0.2) is 45.3 Å². The summed E-state index contributed by atoms with van der Waals surface area (Å²) in [6, 6.07) is 7.37. The van der Waals surface area contributed by atoms with Crippen molar-refractivity contribution in [2.45, 2.75) is 47.0 Å². The number of methoxy groups -OCH3 is 4. The maximum atomic E-state index is 13.8. The van der Waals surface area contributed by atoms with E-state index in [-0.39, 0.29) is 40.7 Å². The number of Topliss-reactive ketones (excluding diaryl/α,β-unsaturated/α-hetero) is 1. The fraction of sp³-hybridized carbons (Fsp3) is 0.400. The molecular weight excluding hydrogens is 472 g/mol. The number of ether oxygens (including phenoxy) is 4. The third-order valence-electron chi connectivity index (χ3n) is 7.16. The van der Waals surface area contributed by atoms with E-state index >= 15 is 0 Å². The summed E-state index contributed by atoms with van der Waals surface area (Å²) in [5.74, 6) is -0.380. The van der Waals surface area contributed by atoms with Crippen molar-refractivity contribution in [3.8, 4) is 34.1 Å². The molecule has 7 nitrogen and oxygen atoms in total. The van der Waals surface area contributed by atoms with Gasteiger partial charge in [-0.15, -0.1) is 0 Å². The third-order valence-corrected chi connectivity index (χ3v) is 7.16. The van der Waals surface area contributed by atoms with Crippen LogP contribution in [0.15, 0.2) is 24.3 Å². The Hall–Kier alpha value is -3.74. The molecule has 0 spiro atoms. The summed E-state index contributed by atoms with van der Waals surface area (Å²) >= 11 is 0. The molecule has 0 amide bonds. The lowest BCUT2D eigenvalue weighted by Crippen LogP contribution is -2.16. The van der Waals surface area contributed by atoms with Crippen LogP contribution in [0.4, 0.5) is 0 Å². The highest BCUT2D eigenvalue weighted by Crippen LogP contribution is 2.52. The number of carbonyl (C=O) groups excluding carboxylic acids is 2. The quantitative estimate of drug-likeness (QED) is 0.242. The predicted octanol–water partition coefficient (Wildman–Crippen LogP) is 6.65. The highest BCUT2D eigenvalue weighted by molar-refractivity contribution is 6.21. The second kappa shape index (κ2) is 11.5. The molecule has 0 heterocycles. The zero-order valence-corrected chi connectivity index (χ0v) is 22.9. The smallest absolute Gasteiger partial charge is 0.339 e. The monoisotopic (exact) mass is 508 g/mol. The second-order valence-corrected chi connectivity index (χ2v) is 9.14. The minimum Gasteiger partial charge on any atom is -0.507 e. The number of benzene rings is 3. The minimum atomic E-state index is -0.727. The first-order chi connectivity index (χ1) is 17.7. The molecular formula is C30H36O7. The van der Waals surface area contributed by atoms with Gasteiger partial charge < -0.3 is 24.1 Å². The van der Waals surface area contributed by atoms with E-state index in [1.807, 2.05) is 45.9 Å². The first-order valence-electron chi connectivity index (χ1n) is 12.4. The molecule has 37 heavy (non-hydrogen) atoms. The molecule has 0 saturated carbocycles. The summed E-state index contributed by atoms with van der Waals surface area (Å²) in [5, 5.41) is 12.3. The molecule has 198 valence electrons. The minimum absolute atomic E-state index is 0.00257. The first kappa shape index (κ1) is 27.8. The lowest BCUT2D eigenvalue weighted by Gasteiger charge is -2.23. The molecule has 3 rings (SSSR count). The third kappa shape index (κ3) is 4.95. The van der Waals surface area contributed by atoms with Crippen molar-refractivity contribution >= 4 is 22.5 Å². The van der Waals surface area contributed by atoms with E-state index < -0.39 is 5.97 Å². The Balaban J connectivity index is 2.65. The topological polar surface area (TPSA) is 91.3 Å². The molecule has 0 atom stereocenters. The van der Waals surface area contributed by atoms with Gasteiger partial charge in [0.1, 0.15) is 5.75 Å². The van der Waals surface area contributed by atoms with Crippen molar-refractivity contribution in [3.05, 3.63) is 46.5 Å². The number of aromatic hydroxyl groups is 1. The standard InChI is InChI=1S/C30H36O7/c1-9-18(10-2)14-21(31)25-26(30(33)37-8)23(19-12-11-16(3)17(4)13-19)24-20(27(25)32)15-22(34-5)28(35-6)29(24)36-7/h11-13,15,18,32H,9-10,14H2,1-8H3. The van der Waals surface area contributed by atoms with Crippen molar-refractivity contribution in [1.29, 1.82) is 0 Å². The van der Waals surface area contributed by atoms with E-state index in [1.54, 1.807) is 6.07 Å². The normalized spacial score (nSPS) is 11.1. The fourth-order valence-corrected chi connectivity index (χ4v) is 4.80. The van der Waals surface area contributed by atoms with E-state index in [1.165, 1.54) is 28.4 Å². The number of esters is 1. The Morgan fingerprint density at radius 2 is 1.51 bits per heavy atom. The van der Waals surface area contributed by atoms with Crippen molar-refractivity contribution < 1.29 is 33.6 Å². The second-order valence-electron chi connectivity index (χ2n) is 9.14. The zero-order chi connectivity index (χ0) is 27.4. The molecule has 0 saturated heterocycles. The molecule has 0 aliphatic rings. The molecule has 0 unspecified atom stereocenters. The number of aryl methyl sites for hydroxylation is 2. The highest BCUT2D eigenvalue weighted by atomic mass is 16.5. The van der Waals surface area contributed by atoms with E-state index in [9.17, 15) is 14.7 Å². The summed E-state index contributed by atoms with van der Waals surface area (Å²) in [6.07, 6.45) is 1.78. The van der Waals surface area contributed by atoms with Crippen LogP contribution in [0.3, 0.4) is 0 Å². The van der Waals surface area contributed by atoms with Crippen LogP contribution in [0.2, 0.25) is 0 Å². The Labute approximate surface area is 218 Å². The van der Waals surface area contributed by atoms with Crippen LogP contribution < -0.4 is 14.2 Å². The average molecular weight is 509 g/mol. The van der Waals surface area contributed by atoms with E-state index in [2.05, 4.69) is 0 Å². The van der Waals surface area contributed by atoms with Gasteiger partial charge in [0.15, 0.2) is 17.3 Å². The van der Waals surface area contributed by atoms with Crippen molar-refractivity contribution in [2.24, 2.45) is 5.92 Å². The summed E-state index contributed by atoms with van der Waals surface area (Å²) in [7, 11) is 5.69. The Bertz CT molecular complexity index is 1340. The SMILES string of the molecule is CCC(CC)CC(=O)c1c(C(=O)OC)c(-c2ccc(C)c(C)c2)c2c(OC)c(OC)c(OC)cc2c1O. The Kier molecular flexibility index (Phi) is 8.69. The molecule has 0 radical (unpaired) electrons. The van der Waals surface area contributed by atoms with Crippen LogP contribution in [0.25, 0.3) is 21.9 Å². The van der Waals surface area contributed by atoms with Gasteiger partial charge in [0.05, 0.1) is 39.6 Å². The van der Waals surface area contributed by atoms with Crippen LogP contribution in [0, 0.1) is 19.8 Å². The van der Waals surface area contributed by atoms with Gasteiger partial charge in [0.2, 0.25) is 5.75 Å². The van der Waals surface area contributed by atoms with E-state index in [4.69, 9.17) is 18.9 Å². The van der Waals surface area contributed by atoms with Crippen LogP contribution in [0.1, 0.15) is 65.0 Å². The highest BCUT2D eigenvalue weighted by Gasteiger charge is 2.33. The number of phenols is 1. The van der Waals surface area contributed by atoms with Gasteiger partial charge >= 0.3 is 5.97 Å². The van der Waals surface area contributed by atoms with Crippen LogP contribution >= 0.6 is 0 Å². The Morgan fingerprint density at radius 3 is 2.03 bits per heavy atom. The number of carbonyl (C=O) groups is 2. The van der Waals surface area contributed by atoms with Gasteiger partial charge in [-0.25, -0.2) is 4.79 Å². The first-order valence-corrected chi connectivity index (χ1v) is 12.4. The number of rotatable bonds is 10. The number of ketones is 1. The van der Waals surface area contributed by atoms with Gasteiger partial charge in [0.25, 0.3) is 0 Å². The fourth-order valence-electron chi connectivity index (χ4n) is 4.80. The maximum Gasteiger partial charge on any atom is 0.339 e. The number of hydrogen-bond acceptors (Lipinski definition) is 7. The molecule has 0 fully saturated rings. The molecule has 7 heteroatoms. The van der Waals surface area contributed by atoms with E-state index in [0.29, 0.717) is 33.4 Å². The largest absolute Gasteiger partial charge is 0.507 e. The predicted molar refractivity (Wildman–Crippen MR) is 145 cm³/mol. The maximum absolute atomic E-state index is 13.8. The van der Waals surface area contributed by atoms with Crippen LogP contribution in [-0.2, 0) is 4.74 Å². The summed E-state index contributed by atoms with van der Waals surface area (Å²) in [5.41, 5.74) is 3.11. The van der Waals surface area contributed by atoms with Crippen molar-refractivity contribution in [3.63, 3.8) is 0 Å². The van der Waals surface area contributed by atoms with Crippen molar-refractivity contribution in [1.82, 2.24) is 0 Å². The van der Waals surface area contributed by atoms with Gasteiger partial charge in [-0.3, -0.25) is 4.79 Å². The summed E-state index contributed by atoms with van der Waals surface area (Å²) in [6.45, 7) is 8.00. The average Bonchev–Trinajstić information content (AvgIpc) is 2.91. The van der Waals surface area contributed by atoms with Gasteiger partial charge in [-0.2, -0.15) is 0 Å². The van der Waals surface area contributed by atoms with Gasteiger partial charge in [-0.1, -0.05) is 44.9 Å². The van der Waals surface area contributed by atoms with E-state index in [0.717, 1.165) is 24.0 Å². The number of phenolic OH excluding ortho intramolecular Hbond substituents is 1. The number of fused-ring (bicyclic) bond motifs is 1. The Morgan fingerprint density at radius 1 is 0.865 bits per heavy atom. The molecule has 0 aliphatic carbocycles. The summed E-state index contributed by atoms with van der Waals surface area (Å²) in [4.78, 5) is 27.2. The lowest BCUT2D eigenvalue weighted by molar-refractivity contribution is 0.0597. The molecule has 3 aromatic carbocycles. The molecule has 0 aliphatic heterocycles. The molecule has 3 aromatic rings. The zero-order valence-electron chi connectivity index (χ0n) is 22.9. The molecule has 1 N–H and O–H groups in total. The van der Waals surface area contributed by atoms with Gasteiger partial charge in [-0.05, 0) is 42.5 Å². The lowest BCUT2D eigenvalue weighted by atomic mass is 9.83. The van der Waals surface area contributed by atoms with Crippen molar-refractivity contribution in [2.75, 3.05) is 28.4 Å². The summed E-state index contributed by atoms with van der Waals surface area (Å²) < 4.78 is 22.1. The molecule has 0 bridgehead atoms.